The van der Waals surface area contributed by atoms with Crippen LogP contribution >= 0.6 is 0 Å². The van der Waals surface area contributed by atoms with Crippen molar-refractivity contribution in [2.45, 2.75) is 46.1 Å². The number of hydrogen-bond acceptors (Lipinski definition) is 5. The lowest BCUT2D eigenvalue weighted by molar-refractivity contribution is 0.162. The van der Waals surface area contributed by atoms with E-state index in [4.69, 9.17) is 4.98 Å². The van der Waals surface area contributed by atoms with Crippen LogP contribution < -0.4 is 10.9 Å². The summed E-state index contributed by atoms with van der Waals surface area (Å²) in [6.45, 7) is 6.82. The number of aromatic nitrogens is 5. The lowest BCUT2D eigenvalue weighted by atomic mass is 9.74. The van der Waals surface area contributed by atoms with Gasteiger partial charge in [0.1, 0.15) is 5.65 Å². The van der Waals surface area contributed by atoms with Gasteiger partial charge in [-0.1, -0.05) is 20.8 Å². The van der Waals surface area contributed by atoms with E-state index < -0.39 is 0 Å². The van der Waals surface area contributed by atoms with Gasteiger partial charge in [0, 0.05) is 41.8 Å². The fraction of sp³-hybridized carbons (Fsp3) is 0.385. The van der Waals surface area contributed by atoms with Crippen molar-refractivity contribution >= 4 is 22.7 Å². The summed E-state index contributed by atoms with van der Waals surface area (Å²) in [5.74, 6) is 2.16. The third kappa shape index (κ3) is 4.27. The second-order valence-corrected chi connectivity index (χ2v) is 9.50. The average Bonchev–Trinajstić information content (AvgIpc) is 3.35. The molecule has 1 aliphatic rings. The Morgan fingerprint density at radius 3 is 2.64 bits per heavy atom. The molecule has 0 aliphatic heterocycles. The Kier molecular flexibility index (Phi) is 5.70. The summed E-state index contributed by atoms with van der Waals surface area (Å²) in [6.07, 6.45) is 8.83. The standard InChI is InChI=1S/C26H30N6O/c1-17(2)19-6-5-18(3)23(15-19)32-24(33)12-7-20-16-27-26(30-25(20)32)29-21-8-10-22(11-9-21)31-14-4-13-28-31/h4,7-14,16-19,23H,5-6,15H2,1-3H3,(H,27,29,30). The minimum Gasteiger partial charge on any atom is -0.324 e. The zero-order valence-electron chi connectivity index (χ0n) is 19.3. The molecule has 1 saturated carbocycles. The molecule has 0 saturated heterocycles. The molecule has 7 heteroatoms. The Balaban J connectivity index is 1.48. The van der Waals surface area contributed by atoms with Crippen molar-refractivity contribution in [3.05, 3.63) is 71.4 Å². The van der Waals surface area contributed by atoms with Crippen LogP contribution in [0.15, 0.2) is 65.8 Å². The summed E-state index contributed by atoms with van der Waals surface area (Å²) >= 11 is 0. The number of rotatable bonds is 5. The number of nitrogens with one attached hydrogen (secondary N) is 1. The van der Waals surface area contributed by atoms with E-state index in [2.05, 4.69) is 36.2 Å². The Bertz CT molecular complexity index is 1290. The summed E-state index contributed by atoms with van der Waals surface area (Å²) in [7, 11) is 0. The monoisotopic (exact) mass is 442 g/mol. The van der Waals surface area contributed by atoms with Crippen LogP contribution in [0.4, 0.5) is 11.6 Å². The van der Waals surface area contributed by atoms with Crippen LogP contribution in [0.3, 0.4) is 0 Å². The quantitative estimate of drug-likeness (QED) is 0.451. The van der Waals surface area contributed by atoms with E-state index in [-0.39, 0.29) is 11.6 Å². The third-order valence-electron chi connectivity index (χ3n) is 7.03. The smallest absolute Gasteiger partial charge is 0.252 e. The molecule has 1 fully saturated rings. The fourth-order valence-electron chi connectivity index (χ4n) is 4.96. The van der Waals surface area contributed by atoms with Gasteiger partial charge in [-0.3, -0.25) is 9.36 Å². The molecule has 1 aromatic carbocycles. The summed E-state index contributed by atoms with van der Waals surface area (Å²) in [5, 5.41) is 8.43. The molecule has 170 valence electrons. The van der Waals surface area contributed by atoms with Crippen LogP contribution in [-0.4, -0.2) is 24.3 Å². The van der Waals surface area contributed by atoms with Gasteiger partial charge in [0.05, 0.1) is 5.69 Å². The van der Waals surface area contributed by atoms with Crippen LogP contribution in [-0.2, 0) is 0 Å². The molecule has 3 heterocycles. The van der Waals surface area contributed by atoms with E-state index in [0.29, 0.717) is 29.3 Å². The lowest BCUT2D eigenvalue weighted by Gasteiger charge is -2.37. The van der Waals surface area contributed by atoms with E-state index in [0.717, 1.165) is 29.6 Å². The van der Waals surface area contributed by atoms with E-state index >= 15 is 0 Å². The van der Waals surface area contributed by atoms with Crippen molar-refractivity contribution in [3.63, 3.8) is 0 Å². The maximum atomic E-state index is 13.0. The van der Waals surface area contributed by atoms with Crippen molar-refractivity contribution < 1.29 is 0 Å². The summed E-state index contributed by atoms with van der Waals surface area (Å²) in [6, 6.07) is 13.4. The predicted molar refractivity (Wildman–Crippen MR) is 131 cm³/mol. The number of hydrogen-bond donors (Lipinski definition) is 1. The average molecular weight is 443 g/mol. The van der Waals surface area contributed by atoms with E-state index in [1.54, 1.807) is 18.5 Å². The first-order chi connectivity index (χ1) is 16.0. The molecule has 3 aromatic heterocycles. The van der Waals surface area contributed by atoms with Crippen LogP contribution in [0.1, 0.15) is 46.1 Å². The van der Waals surface area contributed by atoms with Gasteiger partial charge in [-0.25, -0.2) is 9.67 Å². The summed E-state index contributed by atoms with van der Waals surface area (Å²) < 4.78 is 3.73. The van der Waals surface area contributed by atoms with Crippen LogP contribution in [0, 0.1) is 17.8 Å². The fourth-order valence-corrected chi connectivity index (χ4v) is 4.96. The maximum absolute atomic E-state index is 13.0. The molecule has 5 rings (SSSR count). The van der Waals surface area contributed by atoms with Gasteiger partial charge < -0.3 is 5.32 Å². The van der Waals surface area contributed by atoms with E-state index in [1.165, 1.54) is 6.42 Å². The normalized spacial score (nSPS) is 20.9. The molecule has 0 amide bonds. The van der Waals surface area contributed by atoms with Gasteiger partial charge in [0.25, 0.3) is 5.56 Å². The van der Waals surface area contributed by atoms with Gasteiger partial charge in [0.15, 0.2) is 0 Å². The highest BCUT2D eigenvalue weighted by molar-refractivity contribution is 5.76. The molecule has 0 spiro atoms. The number of nitrogens with zero attached hydrogens (tertiary/aromatic N) is 5. The lowest BCUT2D eigenvalue weighted by Crippen LogP contribution is -2.34. The Morgan fingerprint density at radius 2 is 1.91 bits per heavy atom. The van der Waals surface area contributed by atoms with E-state index in [9.17, 15) is 4.79 Å². The zero-order chi connectivity index (χ0) is 22.9. The first kappa shape index (κ1) is 21.4. The van der Waals surface area contributed by atoms with Gasteiger partial charge in [-0.05, 0) is 73.4 Å². The van der Waals surface area contributed by atoms with Crippen LogP contribution in [0.2, 0.25) is 0 Å². The first-order valence-corrected chi connectivity index (χ1v) is 11.7. The SMILES string of the molecule is CC(C)C1CCC(C)C(n2c(=O)ccc3cnc(Nc4ccc(-n5cccn5)cc4)nc32)C1. The van der Waals surface area contributed by atoms with Gasteiger partial charge >= 0.3 is 0 Å². The van der Waals surface area contributed by atoms with Crippen LogP contribution in [0.5, 0.6) is 0 Å². The minimum atomic E-state index is 0.0111. The highest BCUT2D eigenvalue weighted by Gasteiger charge is 2.32. The molecule has 0 radical (unpaired) electrons. The predicted octanol–water partition coefficient (Wildman–Crippen LogP) is 5.35. The van der Waals surface area contributed by atoms with Gasteiger partial charge in [-0.15, -0.1) is 0 Å². The number of benzene rings is 1. The van der Waals surface area contributed by atoms with Gasteiger partial charge in [-0.2, -0.15) is 10.1 Å². The zero-order valence-corrected chi connectivity index (χ0v) is 19.3. The van der Waals surface area contributed by atoms with Crippen LogP contribution in [0.25, 0.3) is 16.7 Å². The Labute approximate surface area is 193 Å². The maximum Gasteiger partial charge on any atom is 0.252 e. The highest BCUT2D eigenvalue weighted by Crippen LogP contribution is 2.40. The number of fused-ring (bicyclic) bond motifs is 1. The van der Waals surface area contributed by atoms with Crippen molar-refractivity contribution in [2.75, 3.05) is 5.32 Å². The van der Waals surface area contributed by atoms with Crippen molar-refractivity contribution in [1.82, 2.24) is 24.3 Å². The molecule has 1 N–H and O–H groups in total. The molecule has 1 aliphatic carbocycles. The Hall–Kier alpha value is -3.48. The second-order valence-electron chi connectivity index (χ2n) is 9.50. The van der Waals surface area contributed by atoms with E-state index in [1.807, 2.05) is 51.8 Å². The van der Waals surface area contributed by atoms with Gasteiger partial charge in [0.2, 0.25) is 5.95 Å². The minimum absolute atomic E-state index is 0.0111. The summed E-state index contributed by atoms with van der Waals surface area (Å²) in [5.41, 5.74) is 2.57. The molecule has 7 nitrogen and oxygen atoms in total. The topological polar surface area (TPSA) is 77.6 Å². The largest absolute Gasteiger partial charge is 0.324 e. The third-order valence-corrected chi connectivity index (χ3v) is 7.03. The number of pyridine rings is 1. The van der Waals surface area contributed by atoms with Crippen molar-refractivity contribution in [1.29, 1.82) is 0 Å². The summed E-state index contributed by atoms with van der Waals surface area (Å²) in [4.78, 5) is 22.4. The molecule has 3 unspecified atom stereocenters. The molecule has 33 heavy (non-hydrogen) atoms. The van der Waals surface area contributed by atoms with Crippen molar-refractivity contribution in [3.8, 4) is 5.69 Å². The molecule has 4 aromatic rings. The number of anilines is 2. The first-order valence-electron chi connectivity index (χ1n) is 11.7. The molecule has 0 bridgehead atoms. The second kappa shape index (κ2) is 8.81. The Morgan fingerprint density at radius 1 is 1.09 bits per heavy atom. The highest BCUT2D eigenvalue weighted by atomic mass is 16.1. The molecular formula is C26H30N6O. The molecular weight excluding hydrogens is 412 g/mol. The molecule has 3 atom stereocenters. The van der Waals surface area contributed by atoms with Crippen molar-refractivity contribution in [2.24, 2.45) is 17.8 Å².